The predicted octanol–water partition coefficient (Wildman–Crippen LogP) is 3.37. The second-order valence-electron chi connectivity index (χ2n) is 7.10. The summed E-state index contributed by atoms with van der Waals surface area (Å²) in [4.78, 5) is 2.51. The highest BCUT2D eigenvalue weighted by Gasteiger charge is 2.24. The monoisotopic (exact) mass is 289 g/mol. The van der Waals surface area contributed by atoms with Crippen LogP contribution in [0, 0.1) is 5.41 Å². The maximum absolute atomic E-state index is 5.89. The van der Waals surface area contributed by atoms with Crippen LogP contribution in [0.25, 0.3) is 0 Å². The number of aromatic nitrogens is 2. The van der Waals surface area contributed by atoms with Crippen molar-refractivity contribution in [1.82, 2.24) is 14.7 Å². The van der Waals surface area contributed by atoms with E-state index < -0.39 is 0 Å². The molecule has 1 aromatic rings. The van der Waals surface area contributed by atoms with Gasteiger partial charge in [-0.1, -0.05) is 26.0 Å². The maximum atomic E-state index is 5.89. The van der Waals surface area contributed by atoms with Crippen LogP contribution in [-0.2, 0) is 11.3 Å². The maximum Gasteiger partial charge on any atom is 0.150 e. The Balaban J connectivity index is 1.70. The molecule has 1 atom stereocenters. The van der Waals surface area contributed by atoms with Gasteiger partial charge in [-0.15, -0.1) is 0 Å². The van der Waals surface area contributed by atoms with Crippen LogP contribution in [0.15, 0.2) is 24.4 Å². The van der Waals surface area contributed by atoms with Gasteiger partial charge in [0.05, 0.1) is 5.69 Å². The highest BCUT2D eigenvalue weighted by molar-refractivity contribution is 5.04. The third kappa shape index (κ3) is 3.74. The van der Waals surface area contributed by atoms with Gasteiger partial charge in [-0.25, -0.2) is 4.68 Å². The molecule has 1 saturated heterocycles. The highest BCUT2D eigenvalue weighted by Crippen LogP contribution is 2.27. The Morgan fingerprint density at radius 3 is 3.05 bits per heavy atom. The van der Waals surface area contributed by atoms with Crippen molar-refractivity contribution in [3.8, 4) is 0 Å². The molecule has 2 aliphatic rings. The van der Waals surface area contributed by atoms with E-state index in [2.05, 4.69) is 46.7 Å². The van der Waals surface area contributed by atoms with Crippen LogP contribution in [-0.4, -0.2) is 34.4 Å². The second-order valence-corrected chi connectivity index (χ2v) is 7.10. The van der Waals surface area contributed by atoms with E-state index in [4.69, 9.17) is 4.74 Å². The Morgan fingerprint density at radius 2 is 2.24 bits per heavy atom. The summed E-state index contributed by atoms with van der Waals surface area (Å²) in [6.07, 6.45) is 11.3. The SMILES string of the molecule is CC1(C)CC=CCN(Cc2ccnn2C2CCCCO2)C1. The van der Waals surface area contributed by atoms with Crippen LogP contribution in [0.1, 0.15) is 51.5 Å². The lowest BCUT2D eigenvalue weighted by molar-refractivity contribution is -0.0421. The summed E-state index contributed by atoms with van der Waals surface area (Å²) in [6.45, 7) is 8.66. The summed E-state index contributed by atoms with van der Waals surface area (Å²) in [5, 5.41) is 4.51. The first kappa shape index (κ1) is 14.8. The zero-order chi connectivity index (χ0) is 14.7. The van der Waals surface area contributed by atoms with Gasteiger partial charge in [-0.3, -0.25) is 4.90 Å². The van der Waals surface area contributed by atoms with E-state index >= 15 is 0 Å². The Bertz CT molecular complexity index is 486. The Labute approximate surface area is 127 Å². The topological polar surface area (TPSA) is 30.3 Å². The van der Waals surface area contributed by atoms with Gasteiger partial charge in [0.25, 0.3) is 0 Å². The van der Waals surface area contributed by atoms with Gasteiger partial charge >= 0.3 is 0 Å². The standard InChI is InChI=1S/C17H27N3O/c1-17(2)9-4-5-11-19(14-17)13-15-8-10-18-20(15)16-7-3-6-12-21-16/h4-5,8,10,16H,3,6-7,9,11-14H2,1-2H3. The number of rotatable bonds is 3. The first-order chi connectivity index (χ1) is 10.1. The van der Waals surface area contributed by atoms with Gasteiger partial charge < -0.3 is 4.74 Å². The van der Waals surface area contributed by atoms with Gasteiger partial charge in [-0.05, 0) is 37.2 Å². The molecular formula is C17H27N3O. The molecule has 1 unspecified atom stereocenters. The molecule has 0 spiro atoms. The van der Waals surface area contributed by atoms with Crippen molar-refractivity contribution in [2.45, 2.75) is 52.3 Å². The molecule has 0 saturated carbocycles. The van der Waals surface area contributed by atoms with Crippen LogP contribution in [0.5, 0.6) is 0 Å². The molecule has 2 aliphatic heterocycles. The van der Waals surface area contributed by atoms with Crippen molar-refractivity contribution < 1.29 is 4.74 Å². The van der Waals surface area contributed by atoms with E-state index in [0.29, 0.717) is 5.41 Å². The van der Waals surface area contributed by atoms with E-state index in [1.165, 1.54) is 18.5 Å². The van der Waals surface area contributed by atoms with Crippen molar-refractivity contribution >= 4 is 0 Å². The van der Waals surface area contributed by atoms with E-state index in [1.807, 2.05) is 6.20 Å². The molecule has 3 rings (SSSR count). The molecule has 0 bridgehead atoms. The van der Waals surface area contributed by atoms with Gasteiger partial charge in [0.1, 0.15) is 0 Å². The molecule has 21 heavy (non-hydrogen) atoms. The van der Waals surface area contributed by atoms with E-state index in [9.17, 15) is 0 Å². The van der Waals surface area contributed by atoms with Crippen molar-refractivity contribution in [3.63, 3.8) is 0 Å². The molecule has 4 heteroatoms. The van der Waals surface area contributed by atoms with Gasteiger partial charge in [0.2, 0.25) is 0 Å². The smallest absolute Gasteiger partial charge is 0.150 e. The fraction of sp³-hybridized carbons (Fsp3) is 0.706. The average molecular weight is 289 g/mol. The van der Waals surface area contributed by atoms with Crippen molar-refractivity contribution in [3.05, 3.63) is 30.1 Å². The molecule has 116 valence electrons. The molecule has 0 aliphatic carbocycles. The lowest BCUT2D eigenvalue weighted by Crippen LogP contribution is -2.33. The molecule has 1 aromatic heterocycles. The summed E-state index contributed by atoms with van der Waals surface area (Å²) >= 11 is 0. The number of allylic oxidation sites excluding steroid dienone is 1. The molecule has 4 nitrogen and oxygen atoms in total. The summed E-state index contributed by atoms with van der Waals surface area (Å²) in [6, 6.07) is 2.14. The fourth-order valence-corrected chi connectivity index (χ4v) is 3.35. The minimum atomic E-state index is 0.138. The lowest BCUT2D eigenvalue weighted by Gasteiger charge is -2.30. The molecule has 0 aromatic carbocycles. The second kappa shape index (κ2) is 6.32. The Morgan fingerprint density at radius 1 is 1.33 bits per heavy atom. The van der Waals surface area contributed by atoms with Crippen LogP contribution in [0.4, 0.5) is 0 Å². The number of ether oxygens (including phenoxy) is 1. The first-order valence-electron chi connectivity index (χ1n) is 8.15. The quantitative estimate of drug-likeness (QED) is 0.799. The zero-order valence-corrected chi connectivity index (χ0v) is 13.3. The van der Waals surface area contributed by atoms with E-state index in [-0.39, 0.29) is 6.23 Å². The third-order valence-electron chi connectivity index (χ3n) is 4.42. The fourth-order valence-electron chi connectivity index (χ4n) is 3.35. The first-order valence-corrected chi connectivity index (χ1v) is 8.15. The number of hydrogen-bond acceptors (Lipinski definition) is 3. The summed E-state index contributed by atoms with van der Waals surface area (Å²) < 4.78 is 7.98. The summed E-state index contributed by atoms with van der Waals surface area (Å²) in [7, 11) is 0. The molecule has 3 heterocycles. The molecule has 1 fully saturated rings. The minimum Gasteiger partial charge on any atom is -0.357 e. The molecule has 0 amide bonds. The number of hydrogen-bond donors (Lipinski definition) is 0. The van der Waals surface area contributed by atoms with E-state index in [1.54, 1.807) is 0 Å². The van der Waals surface area contributed by atoms with Gasteiger partial charge in [-0.2, -0.15) is 5.10 Å². The Hall–Kier alpha value is -1.13. The Kier molecular flexibility index (Phi) is 4.45. The largest absolute Gasteiger partial charge is 0.357 e. The molecular weight excluding hydrogens is 262 g/mol. The summed E-state index contributed by atoms with van der Waals surface area (Å²) in [5.74, 6) is 0. The van der Waals surface area contributed by atoms with Crippen molar-refractivity contribution in [1.29, 1.82) is 0 Å². The van der Waals surface area contributed by atoms with Gasteiger partial charge in [0, 0.05) is 32.4 Å². The summed E-state index contributed by atoms with van der Waals surface area (Å²) in [5.41, 5.74) is 1.62. The minimum absolute atomic E-state index is 0.138. The van der Waals surface area contributed by atoms with Crippen LogP contribution >= 0.6 is 0 Å². The van der Waals surface area contributed by atoms with Crippen molar-refractivity contribution in [2.24, 2.45) is 5.41 Å². The normalized spacial score (nSPS) is 26.7. The average Bonchev–Trinajstić information content (AvgIpc) is 2.84. The van der Waals surface area contributed by atoms with E-state index in [0.717, 1.165) is 39.1 Å². The predicted molar refractivity (Wildman–Crippen MR) is 83.9 cm³/mol. The zero-order valence-electron chi connectivity index (χ0n) is 13.3. The van der Waals surface area contributed by atoms with Gasteiger partial charge in [0.15, 0.2) is 6.23 Å². The van der Waals surface area contributed by atoms with Crippen LogP contribution in [0.3, 0.4) is 0 Å². The van der Waals surface area contributed by atoms with Crippen LogP contribution in [0.2, 0.25) is 0 Å². The van der Waals surface area contributed by atoms with Crippen LogP contribution < -0.4 is 0 Å². The third-order valence-corrected chi connectivity index (χ3v) is 4.42. The lowest BCUT2D eigenvalue weighted by atomic mass is 9.89. The molecule has 0 radical (unpaired) electrons. The van der Waals surface area contributed by atoms with Crippen molar-refractivity contribution in [2.75, 3.05) is 19.7 Å². The highest BCUT2D eigenvalue weighted by atomic mass is 16.5. The number of nitrogens with zero attached hydrogens (tertiary/aromatic N) is 3. The molecule has 0 N–H and O–H groups in total.